The summed E-state index contributed by atoms with van der Waals surface area (Å²) in [5.74, 6) is 0.846. The summed E-state index contributed by atoms with van der Waals surface area (Å²) in [6.45, 7) is 15.8. The van der Waals surface area contributed by atoms with Gasteiger partial charge in [0.05, 0.1) is 0 Å². The van der Waals surface area contributed by atoms with Crippen molar-refractivity contribution in [2.24, 2.45) is 17.1 Å². The van der Waals surface area contributed by atoms with Crippen LogP contribution in [0.1, 0.15) is 60.3 Å². The monoisotopic (exact) mass is 242 g/mol. The highest BCUT2D eigenvalue weighted by Gasteiger charge is 2.24. The number of nitrogens with zero attached hydrogens (tertiary/aromatic N) is 1. The van der Waals surface area contributed by atoms with E-state index in [1.54, 1.807) is 0 Å². The molecule has 0 aromatic rings. The quantitative estimate of drug-likeness (QED) is 0.635. The van der Waals surface area contributed by atoms with Crippen LogP contribution < -0.4 is 5.73 Å². The van der Waals surface area contributed by atoms with Crippen LogP contribution in [0.2, 0.25) is 0 Å². The molecule has 1 atom stereocenters. The summed E-state index contributed by atoms with van der Waals surface area (Å²) in [5, 5.41) is 0. The molecule has 0 aliphatic heterocycles. The summed E-state index contributed by atoms with van der Waals surface area (Å²) in [6, 6.07) is 0. The minimum absolute atomic E-state index is 0.302. The largest absolute Gasteiger partial charge is 0.330 e. The van der Waals surface area contributed by atoms with Crippen LogP contribution in [0.15, 0.2) is 0 Å². The second-order valence-corrected chi connectivity index (χ2v) is 5.78. The number of hydrogen-bond acceptors (Lipinski definition) is 2. The highest BCUT2D eigenvalue weighted by atomic mass is 15.1. The molecule has 2 N–H and O–H groups in total. The zero-order valence-corrected chi connectivity index (χ0v) is 12.8. The van der Waals surface area contributed by atoms with Gasteiger partial charge in [-0.15, -0.1) is 0 Å². The molecule has 0 aromatic carbocycles. The van der Waals surface area contributed by atoms with Gasteiger partial charge in [-0.05, 0) is 30.8 Å². The van der Waals surface area contributed by atoms with Gasteiger partial charge in [0.1, 0.15) is 0 Å². The molecule has 2 nitrogen and oxygen atoms in total. The smallest absolute Gasteiger partial charge is 0.00474 e. The fourth-order valence-corrected chi connectivity index (χ4v) is 2.61. The van der Waals surface area contributed by atoms with Crippen LogP contribution in [-0.4, -0.2) is 31.1 Å². The molecule has 104 valence electrons. The van der Waals surface area contributed by atoms with E-state index in [0.29, 0.717) is 5.41 Å². The Morgan fingerprint density at radius 1 is 1.12 bits per heavy atom. The van der Waals surface area contributed by atoms with Crippen molar-refractivity contribution in [3.05, 3.63) is 0 Å². The summed E-state index contributed by atoms with van der Waals surface area (Å²) in [5.41, 5.74) is 6.27. The lowest BCUT2D eigenvalue weighted by Crippen LogP contribution is -2.42. The molecule has 0 spiro atoms. The SMILES string of the molecule is CCCC(C)(CN)CN(CC)CC(CC)CC. The van der Waals surface area contributed by atoms with Crippen molar-refractivity contribution in [3.8, 4) is 0 Å². The first-order chi connectivity index (χ1) is 8.05. The Morgan fingerprint density at radius 3 is 2.06 bits per heavy atom. The van der Waals surface area contributed by atoms with Gasteiger partial charge in [0.2, 0.25) is 0 Å². The van der Waals surface area contributed by atoms with Gasteiger partial charge in [-0.1, -0.05) is 53.9 Å². The summed E-state index contributed by atoms with van der Waals surface area (Å²) < 4.78 is 0. The third-order valence-electron chi connectivity index (χ3n) is 4.07. The lowest BCUT2D eigenvalue weighted by Gasteiger charge is -2.35. The summed E-state index contributed by atoms with van der Waals surface area (Å²) >= 11 is 0. The summed E-state index contributed by atoms with van der Waals surface area (Å²) in [6.07, 6.45) is 5.05. The standard InChI is InChI=1S/C15H34N2/c1-6-10-15(5,12-16)13-17(9-4)11-14(7-2)8-3/h14H,6-13,16H2,1-5H3. The molecule has 0 saturated heterocycles. The molecule has 17 heavy (non-hydrogen) atoms. The zero-order valence-electron chi connectivity index (χ0n) is 12.8. The molecule has 0 saturated carbocycles. The molecule has 1 unspecified atom stereocenters. The topological polar surface area (TPSA) is 29.3 Å². The number of nitrogens with two attached hydrogens (primary N) is 1. The Morgan fingerprint density at radius 2 is 1.71 bits per heavy atom. The van der Waals surface area contributed by atoms with Gasteiger partial charge in [-0.25, -0.2) is 0 Å². The van der Waals surface area contributed by atoms with Gasteiger partial charge in [0.25, 0.3) is 0 Å². The highest BCUT2D eigenvalue weighted by Crippen LogP contribution is 2.24. The molecule has 0 aliphatic rings. The van der Waals surface area contributed by atoms with Crippen molar-refractivity contribution >= 4 is 0 Å². The molecule has 0 aromatic heterocycles. The number of hydrogen-bond donors (Lipinski definition) is 1. The maximum atomic E-state index is 5.97. The van der Waals surface area contributed by atoms with Crippen molar-refractivity contribution in [1.29, 1.82) is 0 Å². The Hall–Kier alpha value is -0.0800. The van der Waals surface area contributed by atoms with Gasteiger partial charge in [-0.2, -0.15) is 0 Å². The molecule has 0 aliphatic carbocycles. The fraction of sp³-hybridized carbons (Fsp3) is 1.00. The average molecular weight is 242 g/mol. The zero-order chi connectivity index (χ0) is 13.3. The van der Waals surface area contributed by atoms with E-state index >= 15 is 0 Å². The highest BCUT2D eigenvalue weighted by molar-refractivity contribution is 4.79. The lowest BCUT2D eigenvalue weighted by atomic mass is 9.84. The van der Waals surface area contributed by atoms with Crippen molar-refractivity contribution < 1.29 is 0 Å². The minimum Gasteiger partial charge on any atom is -0.330 e. The second-order valence-electron chi connectivity index (χ2n) is 5.78. The molecule has 0 amide bonds. The molecule has 0 heterocycles. The van der Waals surface area contributed by atoms with Gasteiger partial charge >= 0.3 is 0 Å². The van der Waals surface area contributed by atoms with E-state index in [2.05, 4.69) is 39.5 Å². The van der Waals surface area contributed by atoms with Gasteiger partial charge in [0, 0.05) is 13.1 Å². The lowest BCUT2D eigenvalue weighted by molar-refractivity contribution is 0.143. The molecule has 0 rings (SSSR count). The van der Waals surface area contributed by atoms with Crippen LogP contribution in [0.3, 0.4) is 0 Å². The van der Waals surface area contributed by atoms with E-state index in [1.807, 2.05) is 0 Å². The van der Waals surface area contributed by atoms with Crippen LogP contribution in [0, 0.1) is 11.3 Å². The Balaban J connectivity index is 4.35. The summed E-state index contributed by atoms with van der Waals surface area (Å²) in [4.78, 5) is 2.60. The molecule has 2 heteroatoms. The van der Waals surface area contributed by atoms with E-state index in [-0.39, 0.29) is 0 Å². The second kappa shape index (κ2) is 8.93. The van der Waals surface area contributed by atoms with Gasteiger partial charge in [0.15, 0.2) is 0 Å². The molecular formula is C15H34N2. The third kappa shape index (κ3) is 6.42. The first kappa shape index (κ1) is 16.9. The van der Waals surface area contributed by atoms with E-state index in [0.717, 1.165) is 25.6 Å². The normalized spacial score (nSPS) is 15.5. The van der Waals surface area contributed by atoms with Crippen LogP contribution in [0.4, 0.5) is 0 Å². The van der Waals surface area contributed by atoms with Crippen LogP contribution in [0.25, 0.3) is 0 Å². The first-order valence-electron chi connectivity index (χ1n) is 7.47. The molecule has 0 radical (unpaired) electrons. The van der Waals surface area contributed by atoms with E-state index < -0.39 is 0 Å². The third-order valence-corrected chi connectivity index (χ3v) is 4.07. The van der Waals surface area contributed by atoms with Gasteiger partial charge < -0.3 is 10.6 Å². The summed E-state index contributed by atoms with van der Waals surface area (Å²) in [7, 11) is 0. The Bertz CT molecular complexity index is 178. The molecule has 0 fully saturated rings. The van der Waals surface area contributed by atoms with Crippen LogP contribution in [0.5, 0.6) is 0 Å². The predicted molar refractivity (Wildman–Crippen MR) is 78.3 cm³/mol. The Labute approximate surface area is 109 Å². The maximum absolute atomic E-state index is 5.97. The first-order valence-corrected chi connectivity index (χ1v) is 7.47. The van der Waals surface area contributed by atoms with Crippen molar-refractivity contribution in [1.82, 2.24) is 4.90 Å². The maximum Gasteiger partial charge on any atom is 0.00474 e. The molecular weight excluding hydrogens is 208 g/mol. The van der Waals surface area contributed by atoms with Crippen molar-refractivity contribution in [3.63, 3.8) is 0 Å². The van der Waals surface area contributed by atoms with Crippen molar-refractivity contribution in [2.75, 3.05) is 26.2 Å². The van der Waals surface area contributed by atoms with E-state index in [4.69, 9.17) is 5.73 Å². The fourth-order valence-electron chi connectivity index (χ4n) is 2.61. The van der Waals surface area contributed by atoms with E-state index in [1.165, 1.54) is 32.2 Å². The van der Waals surface area contributed by atoms with Crippen molar-refractivity contribution in [2.45, 2.75) is 60.3 Å². The van der Waals surface area contributed by atoms with Crippen LogP contribution in [-0.2, 0) is 0 Å². The van der Waals surface area contributed by atoms with Crippen LogP contribution >= 0.6 is 0 Å². The predicted octanol–water partition coefficient (Wildman–Crippen LogP) is 3.51. The number of rotatable bonds is 10. The average Bonchev–Trinajstić information content (AvgIpc) is 2.34. The Kier molecular flexibility index (Phi) is 8.89. The molecule has 0 bridgehead atoms. The minimum atomic E-state index is 0.302. The van der Waals surface area contributed by atoms with E-state index in [9.17, 15) is 0 Å². The van der Waals surface area contributed by atoms with Gasteiger partial charge in [-0.3, -0.25) is 0 Å².